The summed E-state index contributed by atoms with van der Waals surface area (Å²) in [7, 11) is 0. The van der Waals surface area contributed by atoms with Crippen LogP contribution in [0.4, 0.5) is 8.78 Å². The van der Waals surface area contributed by atoms with Crippen LogP contribution in [0.15, 0.2) is 42.7 Å². The molecule has 2 aromatic heterocycles. The Kier molecular flexibility index (Phi) is 9.95. The van der Waals surface area contributed by atoms with E-state index in [-0.39, 0.29) is 34.5 Å². The molecule has 1 saturated heterocycles. The van der Waals surface area contributed by atoms with Crippen molar-refractivity contribution in [1.82, 2.24) is 4.90 Å². The van der Waals surface area contributed by atoms with Crippen molar-refractivity contribution >= 4 is 64.5 Å². The molecule has 1 aliphatic heterocycles. The molecule has 2 aliphatic rings. The Labute approximate surface area is 263 Å². The molecule has 1 amide bonds. The monoisotopic (exact) mass is 672 g/mol. The van der Waals surface area contributed by atoms with Crippen molar-refractivity contribution in [2.24, 2.45) is 5.92 Å². The molecule has 2 fully saturated rings. The average molecular weight is 674 g/mol. The SMILES string of the molecule is O=Cc1ccc(C(=O)N2CCSC2C(=O)O[C@@H](Cc2c(Cl)c[n+]([O-])cc2Cl)c2ccc(OC(F)F)c(OCC3CC3)c2)s1. The minimum Gasteiger partial charge on any atom is -0.619 e. The molecule has 0 bridgehead atoms. The molecule has 1 aliphatic carbocycles. The lowest BCUT2D eigenvalue weighted by Crippen LogP contribution is -2.40. The predicted octanol–water partition coefficient (Wildman–Crippen LogP) is 5.93. The van der Waals surface area contributed by atoms with E-state index in [9.17, 15) is 28.4 Å². The van der Waals surface area contributed by atoms with Crippen LogP contribution >= 0.6 is 46.3 Å². The van der Waals surface area contributed by atoms with E-state index in [4.69, 9.17) is 32.7 Å². The van der Waals surface area contributed by atoms with Crippen molar-refractivity contribution in [2.75, 3.05) is 18.9 Å². The number of thioether (sulfide) groups is 1. The molecular weight excluding hydrogens is 649 g/mol. The van der Waals surface area contributed by atoms with E-state index in [0.29, 0.717) is 50.2 Å². The predicted molar refractivity (Wildman–Crippen MR) is 156 cm³/mol. The van der Waals surface area contributed by atoms with Gasteiger partial charge in [0.15, 0.2) is 35.6 Å². The first-order valence-electron chi connectivity index (χ1n) is 13.1. The molecule has 9 nitrogen and oxygen atoms in total. The molecule has 228 valence electrons. The summed E-state index contributed by atoms with van der Waals surface area (Å²) < 4.78 is 43.1. The van der Waals surface area contributed by atoms with E-state index in [1.54, 1.807) is 0 Å². The number of carbonyl (C=O) groups excluding carboxylic acids is 3. The van der Waals surface area contributed by atoms with Crippen molar-refractivity contribution < 1.29 is 42.1 Å². The van der Waals surface area contributed by atoms with E-state index >= 15 is 0 Å². The number of hydrogen-bond donors (Lipinski definition) is 0. The fraction of sp³-hybridized carbons (Fsp3) is 0.357. The molecule has 43 heavy (non-hydrogen) atoms. The van der Waals surface area contributed by atoms with Gasteiger partial charge >= 0.3 is 12.6 Å². The van der Waals surface area contributed by atoms with Crippen LogP contribution in [0.2, 0.25) is 10.0 Å². The number of aldehydes is 1. The summed E-state index contributed by atoms with van der Waals surface area (Å²) in [4.78, 5) is 40.0. The van der Waals surface area contributed by atoms with Gasteiger partial charge in [0.25, 0.3) is 5.91 Å². The first-order chi connectivity index (χ1) is 20.6. The normalized spacial score (nSPS) is 17.1. The van der Waals surface area contributed by atoms with Gasteiger partial charge in [0.2, 0.25) is 0 Å². The number of rotatable bonds is 12. The summed E-state index contributed by atoms with van der Waals surface area (Å²) in [5, 5.41) is 10.9. The van der Waals surface area contributed by atoms with Gasteiger partial charge in [0, 0.05) is 24.3 Å². The average Bonchev–Trinajstić information content (AvgIpc) is 3.44. The molecular formula is C28H24Cl2F2N2O7S2. The maximum Gasteiger partial charge on any atom is 0.387 e. The smallest absolute Gasteiger partial charge is 0.387 e. The second kappa shape index (κ2) is 13.7. The van der Waals surface area contributed by atoms with E-state index in [1.165, 1.54) is 47.0 Å². The van der Waals surface area contributed by atoms with E-state index in [2.05, 4.69) is 4.74 Å². The van der Waals surface area contributed by atoms with Crippen LogP contribution < -0.4 is 14.2 Å². The number of thiophene rings is 1. The van der Waals surface area contributed by atoms with Crippen LogP contribution in [0.5, 0.6) is 11.5 Å². The Morgan fingerprint density at radius 2 is 1.88 bits per heavy atom. The van der Waals surface area contributed by atoms with Crippen LogP contribution in [-0.2, 0) is 16.0 Å². The van der Waals surface area contributed by atoms with Crippen LogP contribution in [-0.4, -0.2) is 54.0 Å². The first-order valence-corrected chi connectivity index (χ1v) is 15.7. The van der Waals surface area contributed by atoms with Crippen LogP contribution in [0.1, 0.15) is 49.4 Å². The molecule has 0 N–H and O–H groups in total. The zero-order valence-corrected chi connectivity index (χ0v) is 25.4. The van der Waals surface area contributed by atoms with Crippen molar-refractivity contribution in [3.05, 3.63) is 78.9 Å². The third kappa shape index (κ3) is 7.69. The highest BCUT2D eigenvalue weighted by Gasteiger charge is 2.38. The van der Waals surface area contributed by atoms with Gasteiger partial charge in [-0.3, -0.25) is 9.59 Å². The Hall–Kier alpha value is -3.13. The molecule has 1 aromatic carbocycles. The Morgan fingerprint density at radius 3 is 2.53 bits per heavy atom. The third-order valence-corrected chi connectivity index (χ3v) is 9.57. The number of benzene rings is 1. The standard InChI is InChI=1S/C28H24Cl2F2N2O7S2/c29-19-11-33(38)12-20(30)18(19)10-22(16-3-5-21(41-28(31)32)23(9-16)39-14-15-1-2-15)40-27(37)26-34(7-8-42-26)25(36)24-6-4-17(13-35)43-24/h3-6,9,11-13,15,22,26,28H,1-2,7-8,10,14H2/t22-,26?/m0/s1. The molecule has 15 heteroatoms. The number of carbonyl (C=O) groups is 3. The minimum absolute atomic E-state index is 0.0298. The zero-order valence-electron chi connectivity index (χ0n) is 22.3. The lowest BCUT2D eigenvalue weighted by molar-refractivity contribution is -0.605. The largest absolute Gasteiger partial charge is 0.619 e. The lowest BCUT2D eigenvalue weighted by Gasteiger charge is -2.26. The van der Waals surface area contributed by atoms with Gasteiger partial charge in [-0.25, -0.2) is 4.79 Å². The Bertz CT molecular complexity index is 1500. The van der Waals surface area contributed by atoms with Crippen molar-refractivity contribution in [3.63, 3.8) is 0 Å². The highest BCUT2D eigenvalue weighted by Crippen LogP contribution is 2.39. The number of alkyl halides is 2. The third-order valence-electron chi connectivity index (χ3n) is 6.74. The molecule has 2 atom stereocenters. The number of amides is 1. The lowest BCUT2D eigenvalue weighted by atomic mass is 10.0. The molecule has 1 unspecified atom stereocenters. The molecule has 0 radical (unpaired) electrons. The summed E-state index contributed by atoms with van der Waals surface area (Å²) in [5.41, 5.74) is 0.676. The molecule has 1 saturated carbocycles. The van der Waals surface area contributed by atoms with Gasteiger partial charge in [-0.1, -0.05) is 29.3 Å². The Morgan fingerprint density at radius 1 is 1.14 bits per heavy atom. The number of halogens is 4. The molecule has 5 rings (SSSR count). The topological polar surface area (TPSA) is 109 Å². The summed E-state index contributed by atoms with van der Waals surface area (Å²) in [6, 6.07) is 7.26. The van der Waals surface area contributed by atoms with Gasteiger partial charge in [-0.15, -0.1) is 23.1 Å². The number of esters is 1. The number of nitrogens with zero attached hydrogens (tertiary/aromatic N) is 2. The van der Waals surface area contributed by atoms with Crippen molar-refractivity contribution in [2.45, 2.75) is 37.4 Å². The first kappa shape index (κ1) is 31.3. The van der Waals surface area contributed by atoms with E-state index in [0.717, 1.165) is 36.6 Å². The summed E-state index contributed by atoms with van der Waals surface area (Å²) in [6.45, 7) is -2.50. The van der Waals surface area contributed by atoms with E-state index in [1.807, 2.05) is 0 Å². The van der Waals surface area contributed by atoms with E-state index < -0.39 is 30.0 Å². The van der Waals surface area contributed by atoms with Gasteiger partial charge < -0.3 is 24.3 Å². The highest BCUT2D eigenvalue weighted by molar-refractivity contribution is 8.00. The Balaban J connectivity index is 1.44. The molecule has 0 spiro atoms. The molecule has 3 heterocycles. The summed E-state index contributed by atoms with van der Waals surface area (Å²) >= 11 is 14.9. The number of pyridine rings is 1. The van der Waals surface area contributed by atoms with Crippen LogP contribution in [0, 0.1) is 11.1 Å². The summed E-state index contributed by atoms with van der Waals surface area (Å²) in [6.07, 6.45) is 3.62. The molecule has 3 aromatic rings. The fourth-order valence-electron chi connectivity index (χ4n) is 4.41. The number of ether oxygens (including phenoxy) is 3. The van der Waals surface area contributed by atoms with Crippen molar-refractivity contribution in [1.29, 1.82) is 0 Å². The summed E-state index contributed by atoms with van der Waals surface area (Å²) in [5.74, 6) is -0.499. The van der Waals surface area contributed by atoms with Crippen LogP contribution in [0.3, 0.4) is 0 Å². The minimum atomic E-state index is -3.09. The van der Waals surface area contributed by atoms with Crippen molar-refractivity contribution in [3.8, 4) is 11.5 Å². The van der Waals surface area contributed by atoms with Gasteiger partial charge in [0.05, 0.1) is 16.4 Å². The fourth-order valence-corrected chi connectivity index (χ4v) is 6.88. The van der Waals surface area contributed by atoms with Gasteiger partial charge in [-0.05, 0) is 48.6 Å². The maximum atomic E-state index is 13.6. The van der Waals surface area contributed by atoms with Gasteiger partial charge in [-0.2, -0.15) is 13.5 Å². The quantitative estimate of drug-likeness (QED) is 0.101. The second-order valence-corrected chi connectivity index (χ2v) is 12.9. The van der Waals surface area contributed by atoms with Crippen LogP contribution in [0.25, 0.3) is 0 Å². The highest BCUT2D eigenvalue weighted by atomic mass is 35.5. The number of hydrogen-bond acceptors (Lipinski definition) is 9. The maximum absolute atomic E-state index is 13.6. The number of aromatic nitrogens is 1. The van der Waals surface area contributed by atoms with Gasteiger partial charge in [0.1, 0.15) is 16.1 Å². The zero-order chi connectivity index (χ0) is 30.7. The second-order valence-electron chi connectivity index (χ2n) is 9.80.